The van der Waals surface area contributed by atoms with Crippen molar-refractivity contribution >= 4 is 11.6 Å². The Kier molecular flexibility index (Phi) is 7.61. The number of carbonyl (C=O) groups is 1. The normalized spacial score (nSPS) is 19.0. The maximum Gasteiger partial charge on any atom is 0.273 e. The molecule has 32 heavy (non-hydrogen) atoms. The Morgan fingerprint density at radius 3 is 2.50 bits per heavy atom. The van der Waals surface area contributed by atoms with E-state index in [0.29, 0.717) is 31.7 Å². The lowest BCUT2D eigenvalue weighted by Gasteiger charge is -2.33. The smallest absolute Gasteiger partial charge is 0.273 e. The number of para-hydroxylation sites is 1. The first-order valence-electron chi connectivity index (χ1n) is 11.2. The topological polar surface area (TPSA) is 66.7 Å². The third-order valence-electron chi connectivity index (χ3n) is 6.21. The number of amides is 1. The standard InChI is InChI=1S/C25H32FN3O3/c1-17(2)25(30)28(18(3)4)15-21-14-27(13-20-8-5-6-11-24(20)29(31)32)16-23(21)19-9-7-10-22(26)12-19/h5-12,17-18,21,23H,13-16H2,1-4H3. The van der Waals surface area contributed by atoms with Crippen LogP contribution in [-0.4, -0.2) is 46.3 Å². The van der Waals surface area contributed by atoms with E-state index in [0.717, 1.165) is 5.56 Å². The van der Waals surface area contributed by atoms with Crippen molar-refractivity contribution in [3.63, 3.8) is 0 Å². The van der Waals surface area contributed by atoms with Crippen LogP contribution in [0.1, 0.15) is 44.7 Å². The molecule has 1 aliphatic heterocycles. The van der Waals surface area contributed by atoms with Crippen molar-refractivity contribution in [1.82, 2.24) is 9.80 Å². The van der Waals surface area contributed by atoms with Crippen molar-refractivity contribution in [3.05, 3.63) is 75.6 Å². The summed E-state index contributed by atoms with van der Waals surface area (Å²) >= 11 is 0. The molecule has 2 unspecified atom stereocenters. The van der Waals surface area contributed by atoms with Gasteiger partial charge in [0.05, 0.1) is 4.92 Å². The van der Waals surface area contributed by atoms with E-state index in [1.807, 2.05) is 44.7 Å². The van der Waals surface area contributed by atoms with E-state index in [1.165, 1.54) is 12.1 Å². The van der Waals surface area contributed by atoms with Crippen molar-refractivity contribution in [1.29, 1.82) is 0 Å². The van der Waals surface area contributed by atoms with E-state index in [2.05, 4.69) is 4.90 Å². The third kappa shape index (κ3) is 5.51. The first kappa shape index (κ1) is 23.9. The van der Waals surface area contributed by atoms with Gasteiger partial charge < -0.3 is 4.90 Å². The fourth-order valence-corrected chi connectivity index (χ4v) is 4.59. The first-order chi connectivity index (χ1) is 15.2. The summed E-state index contributed by atoms with van der Waals surface area (Å²) in [4.78, 5) is 28.0. The molecule has 6 nitrogen and oxygen atoms in total. The summed E-state index contributed by atoms with van der Waals surface area (Å²) in [6.45, 7) is 10.2. The molecule has 1 heterocycles. The van der Waals surface area contributed by atoms with E-state index < -0.39 is 0 Å². The molecule has 0 N–H and O–H groups in total. The van der Waals surface area contributed by atoms with Crippen LogP contribution in [-0.2, 0) is 11.3 Å². The molecule has 1 fully saturated rings. The zero-order valence-corrected chi connectivity index (χ0v) is 19.2. The van der Waals surface area contributed by atoms with Crippen LogP contribution in [0.3, 0.4) is 0 Å². The van der Waals surface area contributed by atoms with Crippen molar-refractivity contribution in [2.24, 2.45) is 11.8 Å². The second-order valence-electron chi connectivity index (χ2n) is 9.24. The van der Waals surface area contributed by atoms with Crippen LogP contribution in [0.25, 0.3) is 0 Å². The molecule has 0 aromatic heterocycles. The Morgan fingerprint density at radius 1 is 1.16 bits per heavy atom. The number of benzene rings is 2. The fraction of sp³-hybridized carbons (Fsp3) is 0.480. The molecule has 1 aliphatic rings. The molecule has 0 aliphatic carbocycles. The predicted molar refractivity (Wildman–Crippen MR) is 123 cm³/mol. The molecule has 3 rings (SSSR count). The highest BCUT2D eigenvalue weighted by Crippen LogP contribution is 2.35. The van der Waals surface area contributed by atoms with E-state index in [9.17, 15) is 19.3 Å². The molecule has 2 aromatic rings. The zero-order chi connectivity index (χ0) is 23.4. The Balaban J connectivity index is 1.88. The largest absolute Gasteiger partial charge is 0.340 e. The van der Waals surface area contributed by atoms with Gasteiger partial charge in [0.25, 0.3) is 5.69 Å². The second kappa shape index (κ2) is 10.2. The Hall–Kier alpha value is -2.80. The molecular weight excluding hydrogens is 409 g/mol. The monoisotopic (exact) mass is 441 g/mol. The predicted octanol–water partition coefficient (Wildman–Crippen LogP) is 4.84. The second-order valence-corrected chi connectivity index (χ2v) is 9.24. The molecule has 0 radical (unpaired) electrons. The van der Waals surface area contributed by atoms with E-state index in [4.69, 9.17) is 0 Å². The molecule has 0 saturated carbocycles. The highest BCUT2D eigenvalue weighted by Gasteiger charge is 2.37. The number of nitro benzene ring substituents is 1. The summed E-state index contributed by atoms with van der Waals surface area (Å²) in [5, 5.41) is 11.4. The van der Waals surface area contributed by atoms with Gasteiger partial charge in [0.1, 0.15) is 5.82 Å². The Morgan fingerprint density at radius 2 is 1.88 bits per heavy atom. The molecule has 2 aromatic carbocycles. The molecule has 7 heteroatoms. The van der Waals surface area contributed by atoms with Crippen LogP contribution in [0.15, 0.2) is 48.5 Å². The minimum Gasteiger partial charge on any atom is -0.340 e. The summed E-state index contributed by atoms with van der Waals surface area (Å²) in [5.74, 6) is -0.138. The lowest BCUT2D eigenvalue weighted by Crippen LogP contribution is -2.43. The third-order valence-corrected chi connectivity index (χ3v) is 6.21. The fourth-order valence-electron chi connectivity index (χ4n) is 4.59. The van der Waals surface area contributed by atoms with Crippen molar-refractivity contribution in [3.8, 4) is 0 Å². The number of nitro groups is 1. The molecular formula is C25H32FN3O3. The molecule has 2 atom stereocenters. The molecule has 0 bridgehead atoms. The minimum atomic E-state index is -0.352. The van der Waals surface area contributed by atoms with Gasteiger partial charge >= 0.3 is 0 Å². The van der Waals surface area contributed by atoms with Crippen molar-refractivity contribution < 1.29 is 14.1 Å². The van der Waals surface area contributed by atoms with Crippen molar-refractivity contribution in [2.45, 2.75) is 46.2 Å². The highest BCUT2D eigenvalue weighted by molar-refractivity contribution is 5.78. The van der Waals surface area contributed by atoms with Gasteiger partial charge in [-0.3, -0.25) is 19.8 Å². The zero-order valence-electron chi connectivity index (χ0n) is 19.2. The summed E-state index contributed by atoms with van der Waals surface area (Å²) in [7, 11) is 0. The number of carbonyl (C=O) groups excluding carboxylic acids is 1. The van der Waals surface area contributed by atoms with Crippen molar-refractivity contribution in [2.75, 3.05) is 19.6 Å². The number of hydrogen-bond donors (Lipinski definition) is 0. The van der Waals surface area contributed by atoms with Gasteiger partial charge in [0.15, 0.2) is 0 Å². The van der Waals surface area contributed by atoms with E-state index in [-0.39, 0.29) is 46.1 Å². The van der Waals surface area contributed by atoms with Crippen LogP contribution in [0, 0.1) is 27.8 Å². The Bertz CT molecular complexity index is 963. The van der Waals surface area contributed by atoms with Gasteiger partial charge in [-0.2, -0.15) is 0 Å². The quantitative estimate of drug-likeness (QED) is 0.434. The number of nitrogens with zero attached hydrogens (tertiary/aromatic N) is 3. The molecule has 172 valence electrons. The van der Waals surface area contributed by atoms with Crippen LogP contribution in [0.4, 0.5) is 10.1 Å². The van der Waals surface area contributed by atoms with Gasteiger partial charge in [-0.25, -0.2) is 4.39 Å². The highest BCUT2D eigenvalue weighted by atomic mass is 19.1. The van der Waals surface area contributed by atoms with E-state index >= 15 is 0 Å². The van der Waals surface area contributed by atoms with Crippen LogP contribution < -0.4 is 0 Å². The number of likely N-dealkylation sites (tertiary alicyclic amines) is 1. The number of halogens is 1. The summed E-state index contributed by atoms with van der Waals surface area (Å²) in [6.07, 6.45) is 0. The van der Waals surface area contributed by atoms with Crippen LogP contribution >= 0.6 is 0 Å². The Labute approximate surface area is 189 Å². The van der Waals surface area contributed by atoms with Crippen LogP contribution in [0.2, 0.25) is 0 Å². The minimum absolute atomic E-state index is 0.0367. The first-order valence-corrected chi connectivity index (χ1v) is 11.2. The van der Waals surface area contributed by atoms with Gasteiger partial charge in [0, 0.05) is 55.7 Å². The summed E-state index contributed by atoms with van der Waals surface area (Å²) in [6, 6.07) is 13.5. The number of hydrogen-bond acceptors (Lipinski definition) is 4. The lowest BCUT2D eigenvalue weighted by molar-refractivity contribution is -0.385. The van der Waals surface area contributed by atoms with Gasteiger partial charge in [-0.05, 0) is 37.5 Å². The van der Waals surface area contributed by atoms with Gasteiger partial charge in [-0.15, -0.1) is 0 Å². The maximum absolute atomic E-state index is 14.0. The SMILES string of the molecule is CC(C)C(=O)N(CC1CN(Cc2ccccc2[N+](=O)[O-])CC1c1cccc(F)c1)C(C)C. The lowest BCUT2D eigenvalue weighted by atomic mass is 9.88. The van der Waals surface area contributed by atoms with E-state index in [1.54, 1.807) is 24.3 Å². The maximum atomic E-state index is 14.0. The molecule has 1 amide bonds. The molecule has 1 saturated heterocycles. The average Bonchev–Trinajstić information content (AvgIpc) is 3.13. The summed E-state index contributed by atoms with van der Waals surface area (Å²) < 4.78 is 14.0. The number of rotatable bonds is 8. The van der Waals surface area contributed by atoms with Gasteiger partial charge in [-0.1, -0.05) is 44.2 Å². The van der Waals surface area contributed by atoms with Crippen LogP contribution in [0.5, 0.6) is 0 Å². The van der Waals surface area contributed by atoms with Gasteiger partial charge in [0.2, 0.25) is 5.91 Å². The average molecular weight is 442 g/mol. The molecule has 0 spiro atoms. The summed E-state index contributed by atoms with van der Waals surface area (Å²) in [5.41, 5.74) is 1.67.